The van der Waals surface area contributed by atoms with Crippen molar-refractivity contribution in [2.24, 2.45) is 9.98 Å². The molecule has 6 aromatic carbocycles. The molecule has 324 valence electrons. The van der Waals surface area contributed by atoms with Gasteiger partial charge in [0.25, 0.3) is 0 Å². The van der Waals surface area contributed by atoms with E-state index in [4.69, 9.17) is 18.9 Å². The van der Waals surface area contributed by atoms with Crippen LogP contribution >= 0.6 is 0 Å². The van der Waals surface area contributed by atoms with Crippen LogP contribution in [-0.4, -0.2) is 37.6 Å². The van der Waals surface area contributed by atoms with E-state index in [2.05, 4.69) is 23.8 Å². The maximum Gasteiger partial charge on any atom is 0.343 e. The van der Waals surface area contributed by atoms with Crippen LogP contribution < -0.4 is 18.9 Å². The first-order chi connectivity index (χ1) is 30.9. The van der Waals surface area contributed by atoms with Crippen LogP contribution in [0.4, 0.5) is 11.4 Å². The van der Waals surface area contributed by atoms with E-state index in [-0.39, 0.29) is 0 Å². The van der Waals surface area contributed by atoms with Crippen molar-refractivity contribution in [3.63, 3.8) is 0 Å². The van der Waals surface area contributed by atoms with Crippen molar-refractivity contribution in [1.29, 1.82) is 0 Å². The number of nitrogens with zero attached hydrogens (tertiary/aromatic N) is 2. The number of aliphatic imine (C=N–C) groups is 2. The Balaban J connectivity index is 0.898. The van der Waals surface area contributed by atoms with Crippen LogP contribution in [0.2, 0.25) is 0 Å². The number of benzene rings is 6. The van der Waals surface area contributed by atoms with Crippen molar-refractivity contribution in [3.05, 3.63) is 179 Å². The standard InChI is InChI=1S/C55H58N2O6/c1-3-5-7-9-11-37-60-50-33-25-48(26-34-50)56-40-44-13-21-46(22-14-44)54(58)62-52-29-17-42(18-30-52)39-43-19-31-53(32-20-43)63-55(59)47-23-15-45(16-24-47)41-57-49-27-35-51(36-28-49)61-38-12-10-8-6-4-2/h13-36,40-41H,3-12,37-39H2,1-2H3. The number of hydrogen-bond donors (Lipinski definition) is 0. The van der Waals surface area contributed by atoms with Crippen LogP contribution in [0, 0.1) is 0 Å². The minimum atomic E-state index is -0.437. The molecule has 0 saturated carbocycles. The predicted octanol–water partition coefficient (Wildman–Crippen LogP) is 13.9. The Morgan fingerprint density at radius 3 is 1.13 bits per heavy atom. The van der Waals surface area contributed by atoms with E-state index < -0.39 is 11.9 Å². The molecule has 0 heterocycles. The highest BCUT2D eigenvalue weighted by Gasteiger charge is 2.11. The van der Waals surface area contributed by atoms with Gasteiger partial charge >= 0.3 is 11.9 Å². The summed E-state index contributed by atoms with van der Waals surface area (Å²) in [6.07, 6.45) is 16.3. The summed E-state index contributed by atoms with van der Waals surface area (Å²) in [4.78, 5) is 34.9. The van der Waals surface area contributed by atoms with Crippen LogP contribution in [0.25, 0.3) is 0 Å². The summed E-state index contributed by atoms with van der Waals surface area (Å²) in [5.41, 5.74) is 6.36. The molecule has 0 saturated heterocycles. The fourth-order valence-electron chi connectivity index (χ4n) is 6.68. The molecule has 0 atom stereocenters. The molecular formula is C55H58N2O6. The monoisotopic (exact) mass is 842 g/mol. The zero-order valence-electron chi connectivity index (χ0n) is 36.5. The van der Waals surface area contributed by atoms with Crippen molar-refractivity contribution in [2.75, 3.05) is 13.2 Å². The molecule has 0 aliphatic heterocycles. The average molecular weight is 843 g/mol. The number of carbonyl (C=O) groups excluding carboxylic acids is 2. The summed E-state index contributed by atoms with van der Waals surface area (Å²) in [6, 6.07) is 44.7. The smallest absolute Gasteiger partial charge is 0.343 e. The third kappa shape index (κ3) is 15.9. The van der Waals surface area contributed by atoms with Crippen molar-refractivity contribution in [3.8, 4) is 23.0 Å². The highest BCUT2D eigenvalue weighted by Crippen LogP contribution is 2.23. The normalized spacial score (nSPS) is 11.2. The number of hydrogen-bond acceptors (Lipinski definition) is 8. The van der Waals surface area contributed by atoms with Gasteiger partial charge in [0.15, 0.2) is 0 Å². The molecule has 8 nitrogen and oxygen atoms in total. The molecule has 0 fully saturated rings. The molecule has 0 aliphatic carbocycles. The van der Waals surface area contributed by atoms with Crippen LogP contribution in [0.5, 0.6) is 23.0 Å². The number of unbranched alkanes of at least 4 members (excludes halogenated alkanes) is 8. The predicted molar refractivity (Wildman–Crippen MR) is 254 cm³/mol. The topological polar surface area (TPSA) is 95.8 Å². The molecule has 0 bridgehead atoms. The lowest BCUT2D eigenvalue weighted by Crippen LogP contribution is -2.08. The van der Waals surface area contributed by atoms with E-state index >= 15 is 0 Å². The fraction of sp³-hybridized carbons (Fsp3) is 0.273. The molecular weight excluding hydrogens is 785 g/mol. The van der Waals surface area contributed by atoms with Gasteiger partial charge in [0.1, 0.15) is 23.0 Å². The molecule has 6 rings (SSSR count). The van der Waals surface area contributed by atoms with E-state index in [0.29, 0.717) is 29.0 Å². The first-order valence-corrected chi connectivity index (χ1v) is 22.3. The van der Waals surface area contributed by atoms with Gasteiger partial charge in [-0.1, -0.05) is 114 Å². The van der Waals surface area contributed by atoms with Crippen LogP contribution in [0.3, 0.4) is 0 Å². The SMILES string of the molecule is CCCCCCCOc1ccc(N=Cc2ccc(C(=O)Oc3ccc(Cc4ccc(OC(=O)c5ccc(C=Nc6ccc(OCCCCCCC)cc6)cc5)cc4)cc3)cc2)cc1. The lowest BCUT2D eigenvalue weighted by molar-refractivity contribution is 0.0725. The Kier molecular flexibility index (Phi) is 18.3. The van der Waals surface area contributed by atoms with Gasteiger partial charge in [-0.15, -0.1) is 0 Å². The number of rotatable bonds is 24. The van der Waals surface area contributed by atoms with Gasteiger partial charge < -0.3 is 18.9 Å². The number of carbonyl (C=O) groups is 2. The first kappa shape index (κ1) is 45.7. The zero-order chi connectivity index (χ0) is 43.9. The Morgan fingerprint density at radius 1 is 0.413 bits per heavy atom. The van der Waals surface area contributed by atoms with Gasteiger partial charge in [0.2, 0.25) is 0 Å². The lowest BCUT2D eigenvalue weighted by atomic mass is 10.0. The molecule has 0 N–H and O–H groups in total. The molecule has 0 radical (unpaired) electrons. The average Bonchev–Trinajstić information content (AvgIpc) is 3.32. The van der Waals surface area contributed by atoms with Crippen molar-refractivity contribution >= 4 is 35.7 Å². The summed E-state index contributed by atoms with van der Waals surface area (Å²) in [5, 5.41) is 0. The van der Waals surface area contributed by atoms with Gasteiger partial charge in [-0.05, 0) is 139 Å². The van der Waals surface area contributed by atoms with Crippen LogP contribution in [0.15, 0.2) is 156 Å². The lowest BCUT2D eigenvalue weighted by Gasteiger charge is -2.08. The second kappa shape index (κ2) is 25.2. The summed E-state index contributed by atoms with van der Waals surface area (Å²) in [6.45, 7) is 5.90. The minimum absolute atomic E-state index is 0.437. The second-order valence-corrected chi connectivity index (χ2v) is 15.5. The summed E-state index contributed by atoms with van der Waals surface area (Å²) in [7, 11) is 0. The quantitative estimate of drug-likeness (QED) is 0.0261. The van der Waals surface area contributed by atoms with E-state index in [9.17, 15) is 9.59 Å². The van der Waals surface area contributed by atoms with Crippen molar-refractivity contribution in [2.45, 2.75) is 84.5 Å². The largest absolute Gasteiger partial charge is 0.494 e. The van der Waals surface area contributed by atoms with Crippen LogP contribution in [-0.2, 0) is 6.42 Å². The third-order valence-electron chi connectivity index (χ3n) is 10.4. The van der Waals surface area contributed by atoms with Gasteiger partial charge in [-0.3, -0.25) is 9.98 Å². The van der Waals surface area contributed by atoms with Gasteiger partial charge in [0, 0.05) is 12.4 Å². The molecule has 0 spiro atoms. The maximum absolute atomic E-state index is 12.9. The van der Waals surface area contributed by atoms with Gasteiger partial charge in [0.05, 0.1) is 35.7 Å². The first-order valence-electron chi connectivity index (χ1n) is 22.3. The Morgan fingerprint density at radius 2 is 0.762 bits per heavy atom. The highest BCUT2D eigenvalue weighted by atomic mass is 16.5. The molecule has 0 aromatic heterocycles. The molecule has 0 aliphatic rings. The van der Waals surface area contributed by atoms with E-state index in [0.717, 1.165) is 71.2 Å². The molecule has 6 aromatic rings. The fourth-order valence-corrected chi connectivity index (χ4v) is 6.68. The number of esters is 2. The highest BCUT2D eigenvalue weighted by molar-refractivity contribution is 5.93. The summed E-state index contributed by atoms with van der Waals surface area (Å²) in [5.74, 6) is 1.74. The number of ether oxygens (including phenoxy) is 4. The molecule has 0 unspecified atom stereocenters. The van der Waals surface area contributed by atoms with E-state index in [1.165, 1.54) is 51.4 Å². The van der Waals surface area contributed by atoms with Gasteiger partial charge in [-0.2, -0.15) is 0 Å². The Bertz CT molecular complexity index is 2170. The Labute approximate surface area is 372 Å². The third-order valence-corrected chi connectivity index (χ3v) is 10.4. The maximum atomic E-state index is 12.9. The van der Waals surface area contributed by atoms with Gasteiger partial charge in [-0.25, -0.2) is 9.59 Å². The van der Waals surface area contributed by atoms with Crippen LogP contribution in [0.1, 0.15) is 121 Å². The van der Waals surface area contributed by atoms with E-state index in [1.807, 2.05) is 97.1 Å². The molecule has 63 heavy (non-hydrogen) atoms. The molecule has 8 heteroatoms. The Hall–Kier alpha value is -6.80. The minimum Gasteiger partial charge on any atom is -0.494 e. The second-order valence-electron chi connectivity index (χ2n) is 15.5. The van der Waals surface area contributed by atoms with Crippen molar-refractivity contribution in [1.82, 2.24) is 0 Å². The summed E-state index contributed by atoms with van der Waals surface area (Å²) < 4.78 is 23.0. The molecule has 0 amide bonds. The zero-order valence-corrected chi connectivity index (χ0v) is 36.5. The van der Waals surface area contributed by atoms with E-state index in [1.54, 1.807) is 61.0 Å². The summed E-state index contributed by atoms with van der Waals surface area (Å²) >= 11 is 0. The van der Waals surface area contributed by atoms with Crippen molar-refractivity contribution < 1.29 is 28.5 Å².